The molecule has 1 aliphatic carbocycles. The minimum Gasteiger partial charge on any atom is -0.480 e. The summed E-state index contributed by atoms with van der Waals surface area (Å²) in [5.74, 6) is -1.13. The van der Waals surface area contributed by atoms with Crippen LogP contribution in [-0.2, 0) is 14.3 Å². The normalized spacial score (nSPS) is 18.0. The van der Waals surface area contributed by atoms with E-state index in [1.807, 2.05) is 0 Å². The first kappa shape index (κ1) is 15.0. The second-order valence-corrected chi connectivity index (χ2v) is 5.42. The van der Waals surface area contributed by atoms with Crippen molar-refractivity contribution in [3.05, 3.63) is 0 Å². The van der Waals surface area contributed by atoms with Crippen LogP contribution in [0.5, 0.6) is 0 Å². The van der Waals surface area contributed by atoms with E-state index in [1.165, 1.54) is 4.90 Å². The number of hydrogen-bond acceptors (Lipinski definition) is 3. The van der Waals surface area contributed by atoms with Gasteiger partial charge in [0, 0.05) is 13.7 Å². The van der Waals surface area contributed by atoms with Crippen molar-refractivity contribution < 1.29 is 19.4 Å². The Kier molecular flexibility index (Phi) is 4.37. The van der Waals surface area contributed by atoms with E-state index in [4.69, 9.17) is 4.74 Å². The van der Waals surface area contributed by atoms with Crippen molar-refractivity contribution in [2.24, 2.45) is 0 Å². The van der Waals surface area contributed by atoms with Crippen LogP contribution in [0.1, 0.15) is 46.5 Å². The Morgan fingerprint density at radius 2 is 1.94 bits per heavy atom. The molecule has 0 heterocycles. The molecule has 1 saturated carbocycles. The highest BCUT2D eigenvalue weighted by Gasteiger charge is 2.43. The van der Waals surface area contributed by atoms with E-state index < -0.39 is 11.5 Å². The number of carboxylic acids is 1. The average Bonchev–Trinajstić information content (AvgIpc) is 2.23. The first-order chi connectivity index (χ1) is 8.29. The molecule has 1 rings (SSSR count). The molecule has 0 aromatic rings. The predicted molar refractivity (Wildman–Crippen MR) is 67.3 cm³/mol. The van der Waals surface area contributed by atoms with E-state index in [-0.39, 0.29) is 17.9 Å². The van der Waals surface area contributed by atoms with Gasteiger partial charge in [0.2, 0.25) is 5.91 Å². The summed E-state index contributed by atoms with van der Waals surface area (Å²) in [6.07, 6.45) is 3.09. The SMILES string of the molecule is CCN(C(=O)CC1(OC)CCC1)C(C)(C)C(=O)O. The summed E-state index contributed by atoms with van der Waals surface area (Å²) in [4.78, 5) is 24.9. The van der Waals surface area contributed by atoms with Gasteiger partial charge in [0.1, 0.15) is 5.54 Å². The molecular formula is C13H23NO4. The van der Waals surface area contributed by atoms with Crippen molar-refractivity contribution in [2.75, 3.05) is 13.7 Å². The fourth-order valence-electron chi connectivity index (χ4n) is 2.39. The van der Waals surface area contributed by atoms with Crippen LogP contribution in [0.2, 0.25) is 0 Å². The van der Waals surface area contributed by atoms with E-state index in [1.54, 1.807) is 27.9 Å². The fourth-order valence-corrected chi connectivity index (χ4v) is 2.39. The largest absolute Gasteiger partial charge is 0.480 e. The van der Waals surface area contributed by atoms with Crippen molar-refractivity contribution in [3.8, 4) is 0 Å². The molecule has 0 radical (unpaired) electrons. The highest BCUT2D eigenvalue weighted by molar-refractivity contribution is 5.86. The number of carbonyl (C=O) groups is 2. The van der Waals surface area contributed by atoms with Gasteiger partial charge in [0.15, 0.2) is 0 Å². The van der Waals surface area contributed by atoms with Crippen LogP contribution < -0.4 is 0 Å². The van der Waals surface area contributed by atoms with E-state index in [0.29, 0.717) is 6.54 Å². The molecule has 5 heteroatoms. The lowest BCUT2D eigenvalue weighted by molar-refractivity contribution is -0.161. The molecule has 0 aromatic carbocycles. The number of nitrogens with zero attached hydrogens (tertiary/aromatic N) is 1. The van der Waals surface area contributed by atoms with Crippen LogP contribution in [0.25, 0.3) is 0 Å². The summed E-state index contributed by atoms with van der Waals surface area (Å²) in [6, 6.07) is 0. The van der Waals surface area contributed by atoms with Gasteiger partial charge in [-0.3, -0.25) is 4.79 Å². The van der Waals surface area contributed by atoms with Gasteiger partial charge in [-0.25, -0.2) is 4.79 Å². The number of carboxylic acid groups (broad SMARTS) is 1. The van der Waals surface area contributed by atoms with Crippen LogP contribution in [0, 0.1) is 0 Å². The molecule has 0 bridgehead atoms. The quantitative estimate of drug-likeness (QED) is 0.785. The molecule has 0 saturated heterocycles. The van der Waals surface area contributed by atoms with Crippen LogP contribution in [0.3, 0.4) is 0 Å². The number of rotatable bonds is 6. The van der Waals surface area contributed by atoms with Gasteiger partial charge in [0.25, 0.3) is 0 Å². The van der Waals surface area contributed by atoms with Crippen molar-refractivity contribution in [1.29, 1.82) is 0 Å². The van der Waals surface area contributed by atoms with Gasteiger partial charge in [-0.05, 0) is 40.0 Å². The number of methoxy groups -OCH3 is 1. The summed E-state index contributed by atoms with van der Waals surface area (Å²) in [5, 5.41) is 9.19. The molecule has 104 valence electrons. The third-order valence-electron chi connectivity index (χ3n) is 3.99. The monoisotopic (exact) mass is 257 g/mol. The van der Waals surface area contributed by atoms with Crippen molar-refractivity contribution in [1.82, 2.24) is 4.90 Å². The first-order valence-corrected chi connectivity index (χ1v) is 6.38. The van der Waals surface area contributed by atoms with E-state index in [2.05, 4.69) is 0 Å². The minimum atomic E-state index is -1.18. The number of likely N-dealkylation sites (N-methyl/N-ethyl adjacent to an activating group) is 1. The highest BCUT2D eigenvalue weighted by Crippen LogP contribution is 2.38. The molecule has 0 unspecified atom stereocenters. The first-order valence-electron chi connectivity index (χ1n) is 6.38. The topological polar surface area (TPSA) is 66.8 Å². The summed E-state index contributed by atoms with van der Waals surface area (Å²) in [5.41, 5.74) is -1.54. The Morgan fingerprint density at radius 3 is 2.22 bits per heavy atom. The van der Waals surface area contributed by atoms with Crippen molar-refractivity contribution in [2.45, 2.75) is 57.6 Å². The number of carbonyl (C=O) groups excluding carboxylic acids is 1. The third-order valence-corrected chi connectivity index (χ3v) is 3.99. The average molecular weight is 257 g/mol. The lowest BCUT2D eigenvalue weighted by Crippen LogP contribution is -2.55. The Bertz CT molecular complexity index is 328. The molecule has 1 N–H and O–H groups in total. The number of aliphatic carboxylic acids is 1. The maximum absolute atomic E-state index is 12.3. The number of hydrogen-bond donors (Lipinski definition) is 1. The second kappa shape index (κ2) is 5.26. The molecule has 1 amide bonds. The molecular weight excluding hydrogens is 234 g/mol. The lowest BCUT2D eigenvalue weighted by atomic mass is 9.77. The Labute approximate surface area is 108 Å². The molecule has 0 aliphatic heterocycles. The third kappa shape index (κ3) is 2.66. The zero-order chi connectivity index (χ0) is 14.0. The summed E-state index contributed by atoms with van der Waals surface area (Å²) >= 11 is 0. The fraction of sp³-hybridized carbons (Fsp3) is 0.846. The van der Waals surface area contributed by atoms with Gasteiger partial charge in [-0.2, -0.15) is 0 Å². The summed E-state index contributed by atoms with van der Waals surface area (Å²) in [7, 11) is 1.62. The smallest absolute Gasteiger partial charge is 0.329 e. The van der Waals surface area contributed by atoms with Crippen LogP contribution >= 0.6 is 0 Å². The molecule has 0 atom stereocenters. The maximum Gasteiger partial charge on any atom is 0.329 e. The maximum atomic E-state index is 12.3. The van der Waals surface area contributed by atoms with Gasteiger partial charge in [0.05, 0.1) is 12.0 Å². The molecule has 18 heavy (non-hydrogen) atoms. The predicted octanol–water partition coefficient (Wildman–Crippen LogP) is 1.66. The second-order valence-electron chi connectivity index (χ2n) is 5.42. The Balaban J connectivity index is 2.77. The van der Waals surface area contributed by atoms with Gasteiger partial charge in [-0.1, -0.05) is 0 Å². The lowest BCUT2D eigenvalue weighted by Gasteiger charge is -2.43. The molecule has 5 nitrogen and oxygen atoms in total. The Hall–Kier alpha value is -1.10. The Morgan fingerprint density at radius 1 is 1.39 bits per heavy atom. The van der Waals surface area contributed by atoms with Gasteiger partial charge >= 0.3 is 5.97 Å². The molecule has 0 aromatic heterocycles. The van der Waals surface area contributed by atoms with Crippen LogP contribution in [-0.4, -0.2) is 46.7 Å². The summed E-state index contributed by atoms with van der Waals surface area (Å²) < 4.78 is 5.42. The standard InChI is InChI=1S/C13H23NO4/c1-5-14(12(2,3)11(16)17)10(15)9-13(18-4)7-6-8-13/h5-9H2,1-4H3,(H,16,17). The van der Waals surface area contributed by atoms with Crippen LogP contribution in [0.15, 0.2) is 0 Å². The number of ether oxygens (including phenoxy) is 1. The zero-order valence-electron chi connectivity index (χ0n) is 11.7. The zero-order valence-corrected chi connectivity index (χ0v) is 11.7. The highest BCUT2D eigenvalue weighted by atomic mass is 16.5. The minimum absolute atomic E-state index is 0.147. The van der Waals surface area contributed by atoms with Crippen LogP contribution in [0.4, 0.5) is 0 Å². The van der Waals surface area contributed by atoms with Crippen molar-refractivity contribution >= 4 is 11.9 Å². The molecule has 0 spiro atoms. The van der Waals surface area contributed by atoms with E-state index >= 15 is 0 Å². The van der Waals surface area contributed by atoms with E-state index in [0.717, 1.165) is 19.3 Å². The number of amides is 1. The van der Waals surface area contributed by atoms with Crippen molar-refractivity contribution in [3.63, 3.8) is 0 Å². The van der Waals surface area contributed by atoms with Gasteiger partial charge < -0.3 is 14.7 Å². The molecule has 1 fully saturated rings. The summed E-state index contributed by atoms with van der Waals surface area (Å²) in [6.45, 7) is 5.29. The molecule has 1 aliphatic rings. The van der Waals surface area contributed by atoms with Gasteiger partial charge in [-0.15, -0.1) is 0 Å². The van der Waals surface area contributed by atoms with E-state index in [9.17, 15) is 14.7 Å².